The molecule has 4 aliphatic carbocycles. The van der Waals surface area contributed by atoms with Gasteiger partial charge in [-0.05, 0) is 80.6 Å². The fraction of sp³-hybridized carbons (Fsp3) is 0.611. The van der Waals surface area contributed by atoms with E-state index in [1.165, 1.54) is 19.3 Å². The van der Waals surface area contributed by atoms with Gasteiger partial charge in [-0.3, -0.25) is 0 Å². The van der Waals surface area contributed by atoms with E-state index in [4.69, 9.17) is 12.2 Å². The van der Waals surface area contributed by atoms with E-state index in [1.807, 2.05) is 30.3 Å². The van der Waals surface area contributed by atoms with Gasteiger partial charge in [0.15, 0.2) is 0 Å². The predicted octanol–water partition coefficient (Wildman–Crippen LogP) is 3.79. The second-order valence-electron chi connectivity index (χ2n) is 7.76. The van der Waals surface area contributed by atoms with Crippen LogP contribution >= 0.6 is 12.2 Å². The second-order valence-corrected chi connectivity index (χ2v) is 10.7. The van der Waals surface area contributed by atoms with Crippen molar-refractivity contribution in [1.82, 2.24) is 0 Å². The molecule has 0 saturated heterocycles. The lowest BCUT2D eigenvalue weighted by atomic mass is 9.56. The summed E-state index contributed by atoms with van der Waals surface area (Å²) < 4.78 is 26.4. The van der Waals surface area contributed by atoms with Gasteiger partial charge in [-0.15, -0.1) is 0 Å². The summed E-state index contributed by atoms with van der Waals surface area (Å²) in [5.74, 6) is 1.79. The Kier molecular flexibility index (Phi) is 3.58. The van der Waals surface area contributed by atoms with Crippen molar-refractivity contribution in [2.24, 2.45) is 17.8 Å². The minimum Gasteiger partial charge on any atom is -0.326 e. The van der Waals surface area contributed by atoms with Gasteiger partial charge in [0.1, 0.15) is 0 Å². The molecule has 1 aromatic carbocycles. The highest BCUT2D eigenvalue weighted by Crippen LogP contribution is 2.59. The molecule has 4 aliphatic rings. The monoisotopic (exact) mass is 349 g/mol. The Hall–Kier alpha value is -0.940. The number of rotatable bonds is 2. The highest BCUT2D eigenvalue weighted by Gasteiger charge is 2.58. The zero-order chi connectivity index (χ0) is 16.2. The summed E-state index contributed by atoms with van der Waals surface area (Å²) in [4.78, 5) is 1.67. The van der Waals surface area contributed by atoms with Gasteiger partial charge in [-0.25, -0.2) is 8.42 Å². The van der Waals surface area contributed by atoms with Gasteiger partial charge in [0.2, 0.25) is 14.2 Å². The van der Waals surface area contributed by atoms with E-state index in [2.05, 4.69) is 0 Å². The molecule has 0 unspecified atom stereocenters. The lowest BCUT2D eigenvalue weighted by Gasteiger charge is -2.56. The van der Waals surface area contributed by atoms with E-state index in [0.29, 0.717) is 17.8 Å². The highest BCUT2D eigenvalue weighted by atomic mass is 32.2. The van der Waals surface area contributed by atoms with E-state index >= 15 is 0 Å². The molecule has 5 heteroatoms. The molecule has 0 N–H and O–H groups in total. The third-order valence-corrected chi connectivity index (χ3v) is 9.51. The largest absolute Gasteiger partial charge is 0.326 e. The van der Waals surface area contributed by atoms with E-state index in [9.17, 15) is 8.42 Å². The summed E-state index contributed by atoms with van der Waals surface area (Å²) in [6.45, 7) is 0. The number of para-hydroxylation sites is 1. The Morgan fingerprint density at radius 1 is 1.04 bits per heavy atom. The average molecular weight is 350 g/mol. The van der Waals surface area contributed by atoms with Crippen molar-refractivity contribution in [3.05, 3.63) is 30.3 Å². The van der Waals surface area contributed by atoms with Crippen LogP contribution in [0.25, 0.3) is 0 Å². The van der Waals surface area contributed by atoms with Crippen molar-refractivity contribution in [1.29, 1.82) is 0 Å². The molecule has 1 aromatic rings. The molecule has 0 amide bonds. The Balaban J connectivity index is 1.66. The van der Waals surface area contributed by atoms with Crippen LogP contribution in [0.5, 0.6) is 0 Å². The first-order valence-corrected chi connectivity index (χ1v) is 10.4. The molecule has 5 rings (SSSR count). The van der Waals surface area contributed by atoms with E-state index in [1.54, 1.807) is 11.9 Å². The lowest BCUT2D eigenvalue weighted by Crippen LogP contribution is -2.57. The molecule has 4 bridgehead atoms. The predicted molar refractivity (Wildman–Crippen MR) is 97.3 cm³/mol. The Labute approximate surface area is 144 Å². The molecule has 0 atom stereocenters. The van der Waals surface area contributed by atoms with Crippen LogP contribution < -0.4 is 4.90 Å². The highest BCUT2D eigenvalue weighted by molar-refractivity contribution is 8.18. The molecule has 3 nitrogen and oxygen atoms in total. The number of benzene rings is 1. The van der Waals surface area contributed by atoms with Gasteiger partial charge < -0.3 is 4.90 Å². The molecule has 124 valence electrons. The van der Waals surface area contributed by atoms with Crippen molar-refractivity contribution in [2.75, 3.05) is 11.9 Å². The Bertz CT molecular complexity index is 691. The molecule has 4 fully saturated rings. The zero-order valence-electron chi connectivity index (χ0n) is 13.4. The summed E-state index contributed by atoms with van der Waals surface area (Å²) in [5, 5.41) is 0. The Morgan fingerprint density at radius 3 is 2.00 bits per heavy atom. The third kappa shape index (κ3) is 2.35. The number of hydrogen-bond acceptors (Lipinski definition) is 3. The summed E-state index contributed by atoms with van der Waals surface area (Å²) in [6.07, 6.45) is 6.17. The first kappa shape index (κ1) is 15.6. The standard InChI is InChI=1S/C18H23NO2S2/c1-19(16-5-3-2-4-6-16)17(22)23(20,21)18-10-13-7-14(11-18)9-15(8-13)12-18/h2-6,13-15H,7-12H2,1H3. The molecule has 0 aromatic heterocycles. The minimum absolute atomic E-state index is 0.102. The fourth-order valence-electron chi connectivity index (χ4n) is 5.48. The molecular weight excluding hydrogens is 326 g/mol. The summed E-state index contributed by atoms with van der Waals surface area (Å²) in [6, 6.07) is 9.55. The van der Waals surface area contributed by atoms with Crippen LogP contribution in [0.1, 0.15) is 38.5 Å². The summed E-state index contributed by atoms with van der Waals surface area (Å²) in [5.41, 5.74) is 0.839. The van der Waals surface area contributed by atoms with Crippen molar-refractivity contribution >= 4 is 32.1 Å². The van der Waals surface area contributed by atoms with Crippen LogP contribution in [0.3, 0.4) is 0 Å². The number of thiocarbonyl (C=S) groups is 1. The first-order valence-electron chi connectivity index (χ1n) is 8.49. The second kappa shape index (κ2) is 5.28. The molecule has 0 radical (unpaired) electrons. The van der Waals surface area contributed by atoms with Gasteiger partial charge in [-0.1, -0.05) is 18.2 Å². The van der Waals surface area contributed by atoms with Crippen LogP contribution in [0.2, 0.25) is 0 Å². The van der Waals surface area contributed by atoms with Crippen LogP contribution in [-0.2, 0) is 9.84 Å². The van der Waals surface area contributed by atoms with Gasteiger partial charge in [-0.2, -0.15) is 0 Å². The summed E-state index contributed by atoms with van der Waals surface area (Å²) >= 11 is 5.47. The average Bonchev–Trinajstić information content (AvgIpc) is 2.53. The molecule has 23 heavy (non-hydrogen) atoms. The fourth-order valence-corrected chi connectivity index (χ4v) is 8.32. The normalized spacial score (nSPS) is 35.3. The molecule has 0 heterocycles. The zero-order valence-corrected chi connectivity index (χ0v) is 15.1. The van der Waals surface area contributed by atoms with Crippen molar-refractivity contribution in [2.45, 2.75) is 43.3 Å². The maximum atomic E-state index is 13.4. The molecule has 0 aliphatic heterocycles. The maximum absolute atomic E-state index is 13.4. The maximum Gasteiger partial charge on any atom is 0.210 e. The van der Waals surface area contributed by atoms with Crippen LogP contribution in [-0.4, -0.2) is 24.5 Å². The van der Waals surface area contributed by atoms with Crippen molar-refractivity contribution < 1.29 is 8.42 Å². The Morgan fingerprint density at radius 2 is 1.52 bits per heavy atom. The number of sulfone groups is 1. The molecule has 4 saturated carbocycles. The van der Waals surface area contributed by atoms with Gasteiger partial charge >= 0.3 is 0 Å². The summed E-state index contributed by atoms with van der Waals surface area (Å²) in [7, 11) is -1.67. The van der Waals surface area contributed by atoms with Crippen molar-refractivity contribution in [3.8, 4) is 0 Å². The van der Waals surface area contributed by atoms with Crippen molar-refractivity contribution in [3.63, 3.8) is 0 Å². The first-order chi connectivity index (χ1) is 10.9. The number of hydrogen-bond donors (Lipinski definition) is 0. The number of nitrogens with zero attached hydrogens (tertiary/aromatic N) is 1. The van der Waals surface area contributed by atoms with E-state index in [0.717, 1.165) is 24.9 Å². The number of anilines is 1. The lowest BCUT2D eigenvalue weighted by molar-refractivity contribution is 0.0347. The topological polar surface area (TPSA) is 37.4 Å². The van der Waals surface area contributed by atoms with Crippen LogP contribution in [0.4, 0.5) is 5.69 Å². The quantitative estimate of drug-likeness (QED) is 0.761. The molecule has 0 spiro atoms. The minimum atomic E-state index is -3.45. The smallest absolute Gasteiger partial charge is 0.210 e. The van der Waals surface area contributed by atoms with Gasteiger partial charge in [0.25, 0.3) is 0 Å². The molecular formula is C18H23NO2S2. The van der Waals surface area contributed by atoms with Crippen LogP contribution in [0, 0.1) is 17.8 Å². The third-order valence-electron chi connectivity index (χ3n) is 6.20. The van der Waals surface area contributed by atoms with E-state index in [-0.39, 0.29) is 4.32 Å². The van der Waals surface area contributed by atoms with Gasteiger partial charge in [0.05, 0.1) is 4.75 Å². The van der Waals surface area contributed by atoms with E-state index < -0.39 is 14.6 Å². The van der Waals surface area contributed by atoms with Gasteiger partial charge in [0, 0.05) is 12.7 Å². The SMILES string of the molecule is CN(C(=S)S(=O)(=O)C12CC3CC(CC(C3)C1)C2)c1ccccc1. The van der Waals surface area contributed by atoms with Crippen LogP contribution in [0.15, 0.2) is 30.3 Å².